The monoisotopic (exact) mass is 296 g/mol. The fourth-order valence-electron chi connectivity index (χ4n) is 1.93. The van der Waals surface area contributed by atoms with Crippen molar-refractivity contribution in [3.63, 3.8) is 0 Å². The molecule has 1 atom stereocenters. The first-order chi connectivity index (χ1) is 10.7. The molecule has 2 rings (SSSR count). The highest BCUT2D eigenvalue weighted by Gasteiger charge is 2.12. The van der Waals surface area contributed by atoms with Gasteiger partial charge in [-0.3, -0.25) is 0 Å². The SMILES string of the molecule is C=C(CO[C@H](C)c1ccccc1)C(=O)OCc1ccccc1. The van der Waals surface area contributed by atoms with Crippen molar-refractivity contribution in [2.24, 2.45) is 0 Å². The van der Waals surface area contributed by atoms with Crippen LogP contribution in [0, 0.1) is 0 Å². The summed E-state index contributed by atoms with van der Waals surface area (Å²) in [7, 11) is 0. The Bertz CT molecular complexity index is 605. The molecule has 0 spiro atoms. The van der Waals surface area contributed by atoms with Gasteiger partial charge in [0.2, 0.25) is 0 Å². The maximum Gasteiger partial charge on any atom is 0.336 e. The van der Waals surface area contributed by atoms with Crippen LogP contribution in [-0.4, -0.2) is 12.6 Å². The molecule has 3 nitrogen and oxygen atoms in total. The molecule has 0 aliphatic heterocycles. The van der Waals surface area contributed by atoms with Gasteiger partial charge in [0.15, 0.2) is 0 Å². The Hall–Kier alpha value is -2.39. The molecule has 114 valence electrons. The minimum Gasteiger partial charge on any atom is -0.457 e. The number of benzene rings is 2. The second-order valence-electron chi connectivity index (χ2n) is 5.03. The van der Waals surface area contributed by atoms with E-state index < -0.39 is 5.97 Å². The van der Waals surface area contributed by atoms with E-state index in [2.05, 4.69) is 6.58 Å². The molecule has 2 aromatic carbocycles. The summed E-state index contributed by atoms with van der Waals surface area (Å²) in [5.41, 5.74) is 2.33. The standard InChI is InChI=1S/C19H20O3/c1-15(13-21-16(2)18-11-7-4-8-12-18)19(20)22-14-17-9-5-3-6-10-17/h3-12,16H,1,13-14H2,2H3/t16-/m1/s1. The molecule has 0 amide bonds. The Balaban J connectivity index is 1.76. The first kappa shape index (κ1) is 16.0. The van der Waals surface area contributed by atoms with Gasteiger partial charge in [-0.1, -0.05) is 67.2 Å². The highest BCUT2D eigenvalue weighted by atomic mass is 16.5. The molecule has 0 radical (unpaired) electrons. The molecule has 0 aliphatic carbocycles. The predicted molar refractivity (Wildman–Crippen MR) is 86.2 cm³/mol. The third-order valence-corrected chi connectivity index (χ3v) is 3.28. The van der Waals surface area contributed by atoms with Gasteiger partial charge >= 0.3 is 5.97 Å². The molecular formula is C19H20O3. The quantitative estimate of drug-likeness (QED) is 0.571. The van der Waals surface area contributed by atoms with Gasteiger partial charge in [-0.15, -0.1) is 0 Å². The van der Waals surface area contributed by atoms with Crippen LogP contribution < -0.4 is 0 Å². The zero-order valence-corrected chi connectivity index (χ0v) is 12.7. The van der Waals surface area contributed by atoms with E-state index in [0.717, 1.165) is 11.1 Å². The average molecular weight is 296 g/mol. The lowest BCUT2D eigenvalue weighted by Gasteiger charge is -2.14. The average Bonchev–Trinajstić information content (AvgIpc) is 2.58. The van der Waals surface area contributed by atoms with E-state index >= 15 is 0 Å². The first-order valence-electron chi connectivity index (χ1n) is 7.22. The Morgan fingerprint density at radius 1 is 1.05 bits per heavy atom. The Kier molecular flexibility index (Phi) is 5.92. The summed E-state index contributed by atoms with van der Waals surface area (Å²) in [4.78, 5) is 11.9. The zero-order chi connectivity index (χ0) is 15.8. The molecule has 0 unspecified atom stereocenters. The third-order valence-electron chi connectivity index (χ3n) is 3.28. The summed E-state index contributed by atoms with van der Waals surface area (Å²) in [6, 6.07) is 19.4. The van der Waals surface area contributed by atoms with Gasteiger partial charge in [0.05, 0.1) is 18.3 Å². The third kappa shape index (κ3) is 4.86. The van der Waals surface area contributed by atoms with E-state index in [1.807, 2.05) is 67.6 Å². The summed E-state index contributed by atoms with van der Waals surface area (Å²) in [5, 5.41) is 0. The lowest BCUT2D eigenvalue weighted by Crippen LogP contribution is -2.13. The largest absolute Gasteiger partial charge is 0.457 e. The number of carbonyl (C=O) groups excluding carboxylic acids is 1. The van der Waals surface area contributed by atoms with Crippen molar-refractivity contribution >= 4 is 5.97 Å². The van der Waals surface area contributed by atoms with Crippen molar-refractivity contribution in [1.82, 2.24) is 0 Å². The number of ether oxygens (including phenoxy) is 2. The second kappa shape index (κ2) is 8.15. The van der Waals surface area contributed by atoms with Crippen molar-refractivity contribution in [3.05, 3.63) is 83.9 Å². The Morgan fingerprint density at radius 2 is 1.64 bits per heavy atom. The predicted octanol–water partition coefficient (Wildman–Crippen LogP) is 4.06. The van der Waals surface area contributed by atoms with Gasteiger partial charge in [0.25, 0.3) is 0 Å². The van der Waals surface area contributed by atoms with Gasteiger partial charge in [-0.25, -0.2) is 4.79 Å². The van der Waals surface area contributed by atoms with Crippen molar-refractivity contribution in [2.45, 2.75) is 19.6 Å². The molecule has 0 bridgehead atoms. The van der Waals surface area contributed by atoms with E-state index in [1.165, 1.54) is 0 Å². The Labute approximate surface area is 131 Å². The van der Waals surface area contributed by atoms with Gasteiger partial charge < -0.3 is 9.47 Å². The summed E-state index contributed by atoms with van der Waals surface area (Å²) < 4.78 is 10.9. The molecular weight excluding hydrogens is 276 g/mol. The molecule has 0 N–H and O–H groups in total. The van der Waals surface area contributed by atoms with Crippen LogP contribution in [0.15, 0.2) is 72.8 Å². The van der Waals surface area contributed by atoms with Crippen LogP contribution in [0.3, 0.4) is 0 Å². The van der Waals surface area contributed by atoms with E-state index in [9.17, 15) is 4.79 Å². The summed E-state index contributed by atoms with van der Waals surface area (Å²) >= 11 is 0. The second-order valence-corrected chi connectivity index (χ2v) is 5.03. The topological polar surface area (TPSA) is 35.5 Å². The van der Waals surface area contributed by atoms with Gasteiger partial charge in [0, 0.05) is 0 Å². The molecule has 0 fully saturated rings. The maximum atomic E-state index is 11.9. The summed E-state index contributed by atoms with van der Waals surface area (Å²) in [5.74, 6) is -0.427. The molecule has 2 aromatic rings. The normalized spacial score (nSPS) is 11.7. The fourth-order valence-corrected chi connectivity index (χ4v) is 1.93. The van der Waals surface area contributed by atoms with Crippen molar-refractivity contribution < 1.29 is 14.3 Å². The van der Waals surface area contributed by atoms with E-state index in [0.29, 0.717) is 5.57 Å². The lowest BCUT2D eigenvalue weighted by molar-refractivity contribution is -0.141. The van der Waals surface area contributed by atoms with E-state index in [4.69, 9.17) is 9.47 Å². The highest BCUT2D eigenvalue weighted by molar-refractivity contribution is 5.87. The molecule has 0 saturated heterocycles. The lowest BCUT2D eigenvalue weighted by atomic mass is 10.1. The number of rotatable bonds is 7. The van der Waals surface area contributed by atoms with Crippen LogP contribution in [0.4, 0.5) is 0 Å². The van der Waals surface area contributed by atoms with Crippen LogP contribution in [-0.2, 0) is 20.9 Å². The van der Waals surface area contributed by atoms with E-state index in [1.54, 1.807) is 0 Å². The first-order valence-corrected chi connectivity index (χ1v) is 7.22. The van der Waals surface area contributed by atoms with Crippen molar-refractivity contribution in [3.8, 4) is 0 Å². The molecule has 0 heterocycles. The highest BCUT2D eigenvalue weighted by Crippen LogP contribution is 2.17. The van der Waals surface area contributed by atoms with Crippen LogP contribution in [0.1, 0.15) is 24.2 Å². The summed E-state index contributed by atoms with van der Waals surface area (Å²) in [6.07, 6.45) is -0.0973. The van der Waals surface area contributed by atoms with Gasteiger partial charge in [-0.05, 0) is 18.1 Å². The molecule has 0 aromatic heterocycles. The number of hydrogen-bond donors (Lipinski definition) is 0. The molecule has 22 heavy (non-hydrogen) atoms. The summed E-state index contributed by atoms with van der Waals surface area (Å²) in [6.45, 7) is 6.07. The molecule has 0 aliphatic rings. The van der Waals surface area contributed by atoms with Gasteiger partial charge in [-0.2, -0.15) is 0 Å². The van der Waals surface area contributed by atoms with Crippen LogP contribution in [0.25, 0.3) is 0 Å². The molecule has 0 saturated carbocycles. The maximum absolute atomic E-state index is 11.9. The minimum absolute atomic E-state index is 0.0973. The van der Waals surface area contributed by atoms with Crippen molar-refractivity contribution in [2.75, 3.05) is 6.61 Å². The smallest absolute Gasteiger partial charge is 0.336 e. The van der Waals surface area contributed by atoms with Crippen LogP contribution >= 0.6 is 0 Å². The number of hydrogen-bond acceptors (Lipinski definition) is 3. The van der Waals surface area contributed by atoms with Crippen molar-refractivity contribution in [1.29, 1.82) is 0 Å². The van der Waals surface area contributed by atoms with Crippen LogP contribution in [0.2, 0.25) is 0 Å². The zero-order valence-electron chi connectivity index (χ0n) is 12.7. The Morgan fingerprint density at radius 3 is 2.27 bits per heavy atom. The number of esters is 1. The van der Waals surface area contributed by atoms with Gasteiger partial charge in [0.1, 0.15) is 6.61 Å². The molecule has 3 heteroatoms. The van der Waals surface area contributed by atoms with Crippen LogP contribution in [0.5, 0.6) is 0 Å². The minimum atomic E-state index is -0.427. The fraction of sp³-hybridized carbons (Fsp3) is 0.211. The number of carbonyl (C=O) groups is 1. The van der Waals surface area contributed by atoms with E-state index in [-0.39, 0.29) is 19.3 Å².